The van der Waals surface area contributed by atoms with E-state index in [0.717, 1.165) is 29.0 Å². The SMILES string of the molecule is Oc1ccc(C23CC4CC(CC(C4)C2)C3)cc1C=Nc1cccc(Cl)c1. The lowest BCUT2D eigenvalue weighted by molar-refractivity contribution is -0.00520. The fourth-order valence-corrected chi connectivity index (χ4v) is 6.34. The van der Waals surface area contributed by atoms with Crippen molar-refractivity contribution in [1.29, 1.82) is 0 Å². The molecule has 4 saturated carbocycles. The first-order chi connectivity index (χ1) is 12.6. The second kappa shape index (κ2) is 6.13. The van der Waals surface area contributed by atoms with Crippen LogP contribution in [0.4, 0.5) is 5.69 Å². The Labute approximate surface area is 159 Å². The van der Waals surface area contributed by atoms with Gasteiger partial charge in [-0.05, 0) is 97.6 Å². The third kappa shape index (κ3) is 2.85. The predicted octanol–water partition coefficient (Wildman–Crippen LogP) is 6.26. The van der Waals surface area contributed by atoms with E-state index in [0.29, 0.717) is 16.2 Å². The van der Waals surface area contributed by atoms with E-state index in [1.54, 1.807) is 6.21 Å². The normalized spacial score (nSPS) is 32.4. The van der Waals surface area contributed by atoms with E-state index in [1.165, 1.54) is 44.1 Å². The van der Waals surface area contributed by atoms with Crippen LogP contribution < -0.4 is 0 Å². The lowest BCUT2D eigenvalue weighted by Gasteiger charge is -2.57. The molecule has 2 nitrogen and oxygen atoms in total. The van der Waals surface area contributed by atoms with Crippen molar-refractivity contribution in [3.05, 3.63) is 58.6 Å². The van der Waals surface area contributed by atoms with Crippen molar-refractivity contribution in [1.82, 2.24) is 0 Å². The number of nitrogens with zero attached hydrogens (tertiary/aromatic N) is 1. The first-order valence-corrected chi connectivity index (χ1v) is 10.1. The molecule has 0 atom stereocenters. The minimum absolute atomic E-state index is 0.296. The highest BCUT2D eigenvalue weighted by molar-refractivity contribution is 6.30. The van der Waals surface area contributed by atoms with E-state index >= 15 is 0 Å². The van der Waals surface area contributed by atoms with Gasteiger partial charge in [0, 0.05) is 16.8 Å². The molecule has 134 valence electrons. The van der Waals surface area contributed by atoms with Gasteiger partial charge >= 0.3 is 0 Å². The highest BCUT2D eigenvalue weighted by Crippen LogP contribution is 2.60. The van der Waals surface area contributed by atoms with Crippen LogP contribution in [0.1, 0.15) is 49.7 Å². The quantitative estimate of drug-likeness (QED) is 0.639. The molecule has 0 spiro atoms. The van der Waals surface area contributed by atoms with E-state index in [4.69, 9.17) is 11.6 Å². The van der Waals surface area contributed by atoms with Crippen LogP contribution in [0.5, 0.6) is 5.75 Å². The van der Waals surface area contributed by atoms with Crippen molar-refractivity contribution in [3.8, 4) is 5.75 Å². The molecule has 0 unspecified atom stereocenters. The molecule has 3 heteroatoms. The van der Waals surface area contributed by atoms with Gasteiger partial charge in [0.15, 0.2) is 0 Å². The summed E-state index contributed by atoms with van der Waals surface area (Å²) in [6, 6.07) is 13.7. The lowest BCUT2D eigenvalue weighted by Crippen LogP contribution is -2.48. The van der Waals surface area contributed by atoms with Gasteiger partial charge in [-0.2, -0.15) is 0 Å². The molecule has 0 heterocycles. The van der Waals surface area contributed by atoms with Crippen molar-refractivity contribution in [2.45, 2.75) is 43.9 Å². The molecule has 2 aromatic carbocycles. The summed E-state index contributed by atoms with van der Waals surface area (Å²) < 4.78 is 0. The first kappa shape index (κ1) is 16.4. The minimum Gasteiger partial charge on any atom is -0.507 e. The molecule has 26 heavy (non-hydrogen) atoms. The molecule has 4 aliphatic rings. The standard InChI is InChI=1S/C23H24ClNO/c24-20-2-1-3-21(10-20)25-14-18-9-19(4-5-22(18)26)23-11-15-6-16(12-23)8-17(7-15)13-23/h1-5,9-10,14-17,26H,6-8,11-13H2. The van der Waals surface area contributed by atoms with Crippen LogP contribution in [-0.4, -0.2) is 11.3 Å². The minimum atomic E-state index is 0.296. The fourth-order valence-electron chi connectivity index (χ4n) is 6.15. The van der Waals surface area contributed by atoms with Crippen LogP contribution in [0.2, 0.25) is 5.02 Å². The molecule has 0 radical (unpaired) electrons. The monoisotopic (exact) mass is 365 g/mol. The summed E-state index contributed by atoms with van der Waals surface area (Å²) in [6.07, 6.45) is 10.1. The Hall–Kier alpha value is -1.80. The van der Waals surface area contributed by atoms with Crippen molar-refractivity contribution in [3.63, 3.8) is 0 Å². The van der Waals surface area contributed by atoms with Crippen LogP contribution in [-0.2, 0) is 5.41 Å². The maximum absolute atomic E-state index is 10.3. The van der Waals surface area contributed by atoms with Crippen LogP contribution in [0.25, 0.3) is 0 Å². The van der Waals surface area contributed by atoms with Crippen molar-refractivity contribution in [2.24, 2.45) is 22.7 Å². The summed E-state index contributed by atoms with van der Waals surface area (Å²) in [5.74, 6) is 3.04. The zero-order valence-electron chi connectivity index (χ0n) is 14.9. The van der Waals surface area contributed by atoms with E-state index in [9.17, 15) is 5.11 Å². The van der Waals surface area contributed by atoms with E-state index in [-0.39, 0.29) is 0 Å². The fraction of sp³-hybridized carbons (Fsp3) is 0.435. The summed E-state index contributed by atoms with van der Waals surface area (Å²) in [5.41, 5.74) is 3.35. The molecular formula is C23H24ClNO. The van der Waals surface area contributed by atoms with Gasteiger partial charge in [-0.1, -0.05) is 23.7 Å². The molecular weight excluding hydrogens is 342 g/mol. The van der Waals surface area contributed by atoms with Gasteiger partial charge in [-0.25, -0.2) is 0 Å². The molecule has 0 aliphatic heterocycles. The van der Waals surface area contributed by atoms with Gasteiger partial charge in [-0.3, -0.25) is 4.99 Å². The van der Waals surface area contributed by atoms with E-state index in [1.807, 2.05) is 30.3 Å². The van der Waals surface area contributed by atoms with Crippen LogP contribution in [0.15, 0.2) is 47.5 Å². The highest BCUT2D eigenvalue weighted by atomic mass is 35.5. The Morgan fingerprint density at radius 3 is 2.31 bits per heavy atom. The number of halogens is 1. The summed E-state index contributed by atoms with van der Waals surface area (Å²) in [5, 5.41) is 11.0. The molecule has 0 aromatic heterocycles. The van der Waals surface area contributed by atoms with Crippen LogP contribution in [0, 0.1) is 17.8 Å². The van der Waals surface area contributed by atoms with E-state index in [2.05, 4.69) is 17.1 Å². The summed E-state index contributed by atoms with van der Waals surface area (Å²) >= 11 is 6.04. The summed E-state index contributed by atoms with van der Waals surface area (Å²) in [6.45, 7) is 0. The molecule has 4 fully saturated rings. The zero-order valence-corrected chi connectivity index (χ0v) is 15.6. The smallest absolute Gasteiger partial charge is 0.124 e. The summed E-state index contributed by atoms with van der Waals surface area (Å²) in [4.78, 5) is 4.52. The number of rotatable bonds is 3. The zero-order chi connectivity index (χ0) is 17.7. The Morgan fingerprint density at radius 2 is 1.65 bits per heavy atom. The van der Waals surface area contributed by atoms with Crippen molar-refractivity contribution in [2.75, 3.05) is 0 Å². The predicted molar refractivity (Wildman–Crippen MR) is 107 cm³/mol. The third-order valence-corrected chi connectivity index (χ3v) is 7.07. The second-order valence-electron chi connectivity index (χ2n) is 8.71. The highest BCUT2D eigenvalue weighted by Gasteiger charge is 2.51. The average Bonchev–Trinajstić information content (AvgIpc) is 2.60. The Kier molecular flexibility index (Phi) is 3.86. The molecule has 4 bridgehead atoms. The van der Waals surface area contributed by atoms with Gasteiger partial charge in [0.25, 0.3) is 0 Å². The molecule has 0 amide bonds. The lowest BCUT2D eigenvalue weighted by atomic mass is 9.48. The molecule has 4 aliphatic carbocycles. The molecule has 2 aromatic rings. The first-order valence-electron chi connectivity index (χ1n) is 9.73. The van der Waals surface area contributed by atoms with Gasteiger partial charge in [0.2, 0.25) is 0 Å². The maximum Gasteiger partial charge on any atom is 0.124 e. The Morgan fingerprint density at radius 1 is 0.962 bits per heavy atom. The largest absolute Gasteiger partial charge is 0.507 e. The van der Waals surface area contributed by atoms with Gasteiger partial charge in [-0.15, -0.1) is 0 Å². The van der Waals surface area contributed by atoms with Crippen LogP contribution >= 0.6 is 11.6 Å². The number of aliphatic imine (C=N–C) groups is 1. The number of hydrogen-bond acceptors (Lipinski definition) is 2. The number of hydrogen-bond donors (Lipinski definition) is 1. The Bertz CT molecular complexity index is 837. The van der Waals surface area contributed by atoms with Gasteiger partial charge in [0.05, 0.1) is 5.69 Å². The topological polar surface area (TPSA) is 32.6 Å². The van der Waals surface area contributed by atoms with Crippen molar-refractivity contribution >= 4 is 23.5 Å². The molecule has 1 N–H and O–H groups in total. The molecule has 0 saturated heterocycles. The Balaban J connectivity index is 1.47. The van der Waals surface area contributed by atoms with Gasteiger partial charge in [0.1, 0.15) is 5.75 Å². The van der Waals surface area contributed by atoms with E-state index < -0.39 is 0 Å². The number of phenolic OH excluding ortho intramolecular Hbond substituents is 1. The van der Waals surface area contributed by atoms with Gasteiger partial charge < -0.3 is 5.11 Å². The number of benzene rings is 2. The average molecular weight is 366 g/mol. The molecule has 6 rings (SSSR count). The number of aromatic hydroxyl groups is 1. The third-order valence-electron chi connectivity index (χ3n) is 6.84. The number of phenols is 1. The second-order valence-corrected chi connectivity index (χ2v) is 9.15. The summed E-state index contributed by atoms with van der Waals surface area (Å²) in [7, 11) is 0. The van der Waals surface area contributed by atoms with Crippen LogP contribution in [0.3, 0.4) is 0 Å². The maximum atomic E-state index is 10.3. The van der Waals surface area contributed by atoms with Crippen molar-refractivity contribution < 1.29 is 5.11 Å².